The molecule has 0 aliphatic carbocycles. The standard InChI is InChI=1S/C15H21NO2S/c1-9-6-14(19-11(9)3)15(17)16-5-4-12-7-10(2)18-13(12)8-16/h6,10,12-13H,4-5,7-8H2,1-3H3/t10-,12+,13-/m1/s1. The van der Waals surface area contributed by atoms with E-state index in [1.165, 1.54) is 10.4 Å². The van der Waals surface area contributed by atoms with Gasteiger partial charge in [0.25, 0.3) is 5.91 Å². The van der Waals surface area contributed by atoms with E-state index in [9.17, 15) is 4.79 Å². The van der Waals surface area contributed by atoms with Crippen LogP contribution >= 0.6 is 11.3 Å². The molecule has 3 nitrogen and oxygen atoms in total. The number of likely N-dealkylation sites (tertiary alicyclic amines) is 1. The van der Waals surface area contributed by atoms with Gasteiger partial charge in [-0.25, -0.2) is 0 Å². The number of carbonyl (C=O) groups is 1. The largest absolute Gasteiger partial charge is 0.373 e. The molecule has 3 heterocycles. The summed E-state index contributed by atoms with van der Waals surface area (Å²) < 4.78 is 5.92. The summed E-state index contributed by atoms with van der Waals surface area (Å²) in [5.74, 6) is 0.841. The third-order valence-electron chi connectivity index (χ3n) is 4.40. The van der Waals surface area contributed by atoms with Crippen LogP contribution in [0.2, 0.25) is 0 Å². The lowest BCUT2D eigenvalue weighted by molar-refractivity contribution is 0.00172. The maximum absolute atomic E-state index is 12.5. The van der Waals surface area contributed by atoms with Gasteiger partial charge in [0.15, 0.2) is 0 Å². The third kappa shape index (κ3) is 2.43. The second-order valence-corrected chi connectivity index (χ2v) is 7.13. The molecule has 2 aliphatic heterocycles. The monoisotopic (exact) mass is 279 g/mol. The Kier molecular flexibility index (Phi) is 3.39. The molecular weight excluding hydrogens is 258 g/mol. The van der Waals surface area contributed by atoms with Crippen molar-refractivity contribution in [2.45, 2.75) is 45.8 Å². The van der Waals surface area contributed by atoms with Crippen LogP contribution in [0.25, 0.3) is 0 Å². The molecule has 19 heavy (non-hydrogen) atoms. The summed E-state index contributed by atoms with van der Waals surface area (Å²) in [7, 11) is 0. The highest BCUT2D eigenvalue weighted by Crippen LogP contribution is 2.34. The van der Waals surface area contributed by atoms with E-state index >= 15 is 0 Å². The number of hydrogen-bond acceptors (Lipinski definition) is 3. The van der Waals surface area contributed by atoms with E-state index in [1.807, 2.05) is 11.0 Å². The maximum atomic E-state index is 12.5. The predicted octanol–water partition coefficient (Wildman–Crippen LogP) is 3.00. The van der Waals surface area contributed by atoms with Gasteiger partial charge in [-0.15, -0.1) is 11.3 Å². The molecule has 2 fully saturated rings. The Morgan fingerprint density at radius 3 is 2.95 bits per heavy atom. The van der Waals surface area contributed by atoms with Crippen molar-refractivity contribution in [3.63, 3.8) is 0 Å². The number of piperidine rings is 1. The van der Waals surface area contributed by atoms with Gasteiger partial charge in [-0.05, 0) is 51.2 Å². The zero-order chi connectivity index (χ0) is 13.6. The van der Waals surface area contributed by atoms with Gasteiger partial charge in [0.2, 0.25) is 0 Å². The summed E-state index contributed by atoms with van der Waals surface area (Å²) in [6, 6.07) is 2.02. The van der Waals surface area contributed by atoms with E-state index < -0.39 is 0 Å². The topological polar surface area (TPSA) is 29.5 Å². The molecule has 4 heteroatoms. The highest BCUT2D eigenvalue weighted by molar-refractivity contribution is 7.14. The fraction of sp³-hybridized carbons (Fsp3) is 0.667. The normalized spacial score (nSPS) is 30.5. The Morgan fingerprint density at radius 2 is 2.26 bits per heavy atom. The Hall–Kier alpha value is -0.870. The van der Waals surface area contributed by atoms with Crippen LogP contribution in [0, 0.1) is 19.8 Å². The SMILES string of the molecule is Cc1cc(C(=O)N2CC[C@H]3C[C@@H](C)O[C@@H]3C2)sc1C. The van der Waals surface area contributed by atoms with Gasteiger partial charge in [0.05, 0.1) is 17.1 Å². The van der Waals surface area contributed by atoms with Crippen molar-refractivity contribution >= 4 is 17.2 Å². The molecule has 1 aromatic rings. The van der Waals surface area contributed by atoms with Crippen molar-refractivity contribution in [3.8, 4) is 0 Å². The number of aryl methyl sites for hydroxylation is 2. The van der Waals surface area contributed by atoms with Crippen LogP contribution in [-0.4, -0.2) is 36.1 Å². The van der Waals surface area contributed by atoms with Crippen molar-refractivity contribution in [2.24, 2.45) is 5.92 Å². The van der Waals surface area contributed by atoms with Crippen LogP contribution in [0.1, 0.15) is 39.9 Å². The minimum absolute atomic E-state index is 0.183. The molecule has 0 N–H and O–H groups in total. The van der Waals surface area contributed by atoms with Crippen molar-refractivity contribution in [1.29, 1.82) is 0 Å². The number of fused-ring (bicyclic) bond motifs is 1. The van der Waals surface area contributed by atoms with Gasteiger partial charge in [0, 0.05) is 18.0 Å². The molecule has 2 aliphatic rings. The zero-order valence-electron chi connectivity index (χ0n) is 11.8. The summed E-state index contributed by atoms with van der Waals surface area (Å²) in [4.78, 5) is 16.6. The second kappa shape index (κ2) is 4.91. The number of amides is 1. The molecule has 0 bridgehead atoms. The molecule has 0 spiro atoms. The average molecular weight is 279 g/mol. The first-order chi connectivity index (χ1) is 9.04. The highest BCUT2D eigenvalue weighted by atomic mass is 32.1. The van der Waals surface area contributed by atoms with Crippen LogP contribution in [0.15, 0.2) is 6.07 Å². The van der Waals surface area contributed by atoms with E-state index in [2.05, 4.69) is 20.8 Å². The summed E-state index contributed by atoms with van der Waals surface area (Å²) in [5.41, 5.74) is 1.22. The van der Waals surface area contributed by atoms with Crippen molar-refractivity contribution in [2.75, 3.05) is 13.1 Å². The van der Waals surface area contributed by atoms with Crippen LogP contribution in [0.5, 0.6) is 0 Å². The first-order valence-corrected chi connectivity index (χ1v) is 7.88. The Bertz CT molecular complexity index is 477. The number of hydrogen-bond donors (Lipinski definition) is 0. The van der Waals surface area contributed by atoms with E-state index in [0.29, 0.717) is 12.0 Å². The van der Waals surface area contributed by atoms with Crippen LogP contribution < -0.4 is 0 Å². The third-order valence-corrected chi connectivity index (χ3v) is 5.54. The minimum Gasteiger partial charge on any atom is -0.373 e. The lowest BCUT2D eigenvalue weighted by Gasteiger charge is -2.33. The van der Waals surface area contributed by atoms with E-state index in [-0.39, 0.29) is 12.0 Å². The maximum Gasteiger partial charge on any atom is 0.264 e. The molecule has 0 aromatic carbocycles. The number of rotatable bonds is 1. The summed E-state index contributed by atoms with van der Waals surface area (Å²) in [6.07, 6.45) is 2.86. The van der Waals surface area contributed by atoms with E-state index in [0.717, 1.165) is 30.8 Å². The van der Waals surface area contributed by atoms with Crippen molar-refractivity contribution < 1.29 is 9.53 Å². The van der Waals surface area contributed by atoms with Gasteiger partial charge < -0.3 is 9.64 Å². The molecule has 1 aromatic heterocycles. The fourth-order valence-electron chi connectivity index (χ4n) is 3.19. The van der Waals surface area contributed by atoms with Gasteiger partial charge >= 0.3 is 0 Å². The van der Waals surface area contributed by atoms with E-state index in [1.54, 1.807) is 11.3 Å². The van der Waals surface area contributed by atoms with Gasteiger partial charge in [0.1, 0.15) is 0 Å². The van der Waals surface area contributed by atoms with Crippen molar-refractivity contribution in [3.05, 3.63) is 21.4 Å². The molecule has 104 valence electrons. The molecule has 2 saturated heterocycles. The van der Waals surface area contributed by atoms with Gasteiger partial charge in [-0.2, -0.15) is 0 Å². The van der Waals surface area contributed by atoms with Crippen LogP contribution in [0.3, 0.4) is 0 Å². The number of ether oxygens (including phenoxy) is 1. The first kappa shape index (κ1) is 13.1. The fourth-order valence-corrected chi connectivity index (χ4v) is 4.19. The average Bonchev–Trinajstić information content (AvgIpc) is 2.90. The predicted molar refractivity (Wildman–Crippen MR) is 76.8 cm³/mol. The number of carbonyl (C=O) groups excluding carboxylic acids is 1. The Labute approximate surface area is 118 Å². The summed E-state index contributed by atoms with van der Waals surface area (Å²) in [6.45, 7) is 7.92. The summed E-state index contributed by atoms with van der Waals surface area (Å²) in [5, 5.41) is 0. The number of thiophene rings is 1. The molecule has 1 amide bonds. The summed E-state index contributed by atoms with van der Waals surface area (Å²) >= 11 is 1.61. The Balaban J connectivity index is 1.71. The molecule has 3 rings (SSSR count). The lowest BCUT2D eigenvalue weighted by Crippen LogP contribution is -2.45. The lowest BCUT2D eigenvalue weighted by atomic mass is 9.92. The molecule has 0 saturated carbocycles. The second-order valence-electron chi connectivity index (χ2n) is 5.87. The highest BCUT2D eigenvalue weighted by Gasteiger charge is 2.38. The Morgan fingerprint density at radius 1 is 1.47 bits per heavy atom. The number of nitrogens with zero attached hydrogens (tertiary/aromatic N) is 1. The van der Waals surface area contributed by atoms with Gasteiger partial charge in [-0.3, -0.25) is 4.79 Å². The minimum atomic E-state index is 0.183. The quantitative estimate of drug-likeness (QED) is 0.791. The molecule has 0 unspecified atom stereocenters. The van der Waals surface area contributed by atoms with Crippen LogP contribution in [-0.2, 0) is 4.74 Å². The van der Waals surface area contributed by atoms with E-state index in [4.69, 9.17) is 4.74 Å². The zero-order valence-corrected chi connectivity index (χ0v) is 12.6. The molecule has 0 radical (unpaired) electrons. The van der Waals surface area contributed by atoms with Crippen LogP contribution in [0.4, 0.5) is 0 Å². The molecule has 3 atom stereocenters. The smallest absolute Gasteiger partial charge is 0.264 e. The van der Waals surface area contributed by atoms with Gasteiger partial charge in [-0.1, -0.05) is 0 Å². The first-order valence-electron chi connectivity index (χ1n) is 7.06. The van der Waals surface area contributed by atoms with Crippen molar-refractivity contribution in [1.82, 2.24) is 4.90 Å². The molecular formula is C15H21NO2S.